The first kappa shape index (κ1) is 14.4. The van der Waals surface area contributed by atoms with E-state index in [4.69, 9.17) is 16.3 Å². The van der Waals surface area contributed by atoms with E-state index in [9.17, 15) is 4.79 Å². The highest BCUT2D eigenvalue weighted by Crippen LogP contribution is 2.14. The summed E-state index contributed by atoms with van der Waals surface area (Å²) in [7, 11) is 1.60. The van der Waals surface area contributed by atoms with Crippen LogP contribution in [0.2, 0.25) is 5.02 Å². The van der Waals surface area contributed by atoms with Crippen LogP contribution >= 0.6 is 11.6 Å². The molecule has 0 aliphatic heterocycles. The summed E-state index contributed by atoms with van der Waals surface area (Å²) in [6.07, 6.45) is 4.14. The molecule has 2 aromatic rings. The van der Waals surface area contributed by atoms with Crippen LogP contribution in [0.15, 0.2) is 54.6 Å². The Bertz CT molecular complexity index is 598. The summed E-state index contributed by atoms with van der Waals surface area (Å²) in [6.45, 7) is 0. The van der Waals surface area contributed by atoms with E-state index in [1.807, 2.05) is 36.4 Å². The number of allylic oxidation sites excluding steroid dienone is 1. The maximum absolute atomic E-state index is 12.0. The highest BCUT2D eigenvalue weighted by atomic mass is 35.5. The number of halogens is 1. The predicted molar refractivity (Wildman–Crippen MR) is 82.4 cm³/mol. The van der Waals surface area contributed by atoms with Crippen molar-refractivity contribution in [2.45, 2.75) is 6.42 Å². The molecule has 0 radical (unpaired) electrons. The molecule has 102 valence electrons. The first-order valence-corrected chi connectivity index (χ1v) is 6.66. The average Bonchev–Trinajstić information content (AvgIpc) is 2.49. The fraction of sp³-hybridized carbons (Fsp3) is 0.118. The van der Waals surface area contributed by atoms with Gasteiger partial charge in [-0.3, -0.25) is 4.79 Å². The van der Waals surface area contributed by atoms with Gasteiger partial charge >= 0.3 is 0 Å². The highest BCUT2D eigenvalue weighted by Gasteiger charge is 2.03. The molecule has 2 rings (SSSR count). The third kappa shape index (κ3) is 3.97. The van der Waals surface area contributed by atoms with Crippen molar-refractivity contribution in [3.05, 3.63) is 70.8 Å². The molecule has 3 heteroatoms. The second-order valence-electron chi connectivity index (χ2n) is 4.31. The monoisotopic (exact) mass is 286 g/mol. The minimum atomic E-state index is 0.0814. The van der Waals surface area contributed by atoms with Crippen LogP contribution in [0.25, 0.3) is 6.08 Å². The van der Waals surface area contributed by atoms with Gasteiger partial charge in [-0.2, -0.15) is 0 Å². The van der Waals surface area contributed by atoms with E-state index in [-0.39, 0.29) is 5.78 Å². The molecule has 0 saturated heterocycles. The molecule has 0 aromatic heterocycles. The van der Waals surface area contributed by atoms with E-state index in [1.54, 1.807) is 31.4 Å². The Morgan fingerprint density at radius 3 is 2.35 bits per heavy atom. The van der Waals surface area contributed by atoms with Crippen LogP contribution in [-0.2, 0) is 0 Å². The van der Waals surface area contributed by atoms with Gasteiger partial charge in [-0.25, -0.2) is 0 Å². The molecule has 0 amide bonds. The van der Waals surface area contributed by atoms with E-state index >= 15 is 0 Å². The Hall–Kier alpha value is -2.06. The van der Waals surface area contributed by atoms with Gasteiger partial charge in [-0.05, 0) is 42.0 Å². The minimum absolute atomic E-state index is 0.0814. The molecule has 0 atom stereocenters. The van der Waals surface area contributed by atoms with Crippen molar-refractivity contribution in [1.29, 1.82) is 0 Å². The Kier molecular flexibility index (Phi) is 4.97. The van der Waals surface area contributed by atoms with Crippen LogP contribution in [0.5, 0.6) is 5.75 Å². The molecule has 0 saturated carbocycles. The molecule has 0 fully saturated rings. The maximum atomic E-state index is 12.0. The number of ketones is 1. The first-order valence-electron chi connectivity index (χ1n) is 6.28. The maximum Gasteiger partial charge on any atom is 0.166 e. The van der Waals surface area contributed by atoms with Crippen molar-refractivity contribution in [3.8, 4) is 5.75 Å². The molecule has 2 nitrogen and oxygen atoms in total. The molecule has 0 aliphatic rings. The Balaban J connectivity index is 1.95. The van der Waals surface area contributed by atoms with Gasteiger partial charge in [0.15, 0.2) is 5.78 Å². The number of Topliss-reactive ketones (excluding diaryl/α,β-unsaturated/α-hetero) is 1. The summed E-state index contributed by atoms with van der Waals surface area (Å²) in [5.41, 5.74) is 1.71. The van der Waals surface area contributed by atoms with Crippen LogP contribution in [0.1, 0.15) is 22.3 Å². The zero-order chi connectivity index (χ0) is 14.4. The fourth-order valence-electron chi connectivity index (χ4n) is 1.77. The summed E-state index contributed by atoms with van der Waals surface area (Å²) in [6, 6.07) is 14.6. The summed E-state index contributed by atoms with van der Waals surface area (Å²) >= 11 is 5.81. The van der Waals surface area contributed by atoms with Crippen molar-refractivity contribution in [3.63, 3.8) is 0 Å². The van der Waals surface area contributed by atoms with Crippen LogP contribution < -0.4 is 4.74 Å². The van der Waals surface area contributed by atoms with Gasteiger partial charge in [0.1, 0.15) is 5.75 Å². The second-order valence-corrected chi connectivity index (χ2v) is 4.75. The van der Waals surface area contributed by atoms with Crippen molar-refractivity contribution in [2.75, 3.05) is 7.11 Å². The summed E-state index contributed by atoms with van der Waals surface area (Å²) in [5, 5.41) is 0.705. The van der Waals surface area contributed by atoms with E-state index in [0.29, 0.717) is 17.0 Å². The smallest absolute Gasteiger partial charge is 0.166 e. The molecule has 0 unspecified atom stereocenters. The normalized spacial score (nSPS) is 10.7. The van der Waals surface area contributed by atoms with E-state index in [1.165, 1.54) is 0 Å². The van der Waals surface area contributed by atoms with Gasteiger partial charge < -0.3 is 4.74 Å². The summed E-state index contributed by atoms with van der Waals surface area (Å²) < 4.78 is 5.06. The number of hydrogen-bond donors (Lipinski definition) is 0. The van der Waals surface area contributed by atoms with E-state index < -0.39 is 0 Å². The van der Waals surface area contributed by atoms with Crippen LogP contribution in [-0.4, -0.2) is 12.9 Å². The van der Waals surface area contributed by atoms with E-state index in [2.05, 4.69) is 0 Å². The standard InChI is InChI=1S/C17H15ClO2/c1-20-16-11-7-14(8-12-16)17(19)4-2-3-13-5-9-15(18)10-6-13/h2-3,5-12H,4H2,1H3/b3-2+. The lowest BCUT2D eigenvalue weighted by Crippen LogP contribution is -1.96. The number of hydrogen-bond acceptors (Lipinski definition) is 2. The predicted octanol–water partition coefficient (Wildman–Crippen LogP) is 4.63. The Morgan fingerprint density at radius 2 is 1.75 bits per heavy atom. The van der Waals surface area contributed by atoms with Gasteiger partial charge in [-0.1, -0.05) is 35.9 Å². The average molecular weight is 287 g/mol. The lowest BCUT2D eigenvalue weighted by Gasteiger charge is -2.01. The summed E-state index contributed by atoms with van der Waals surface area (Å²) in [5.74, 6) is 0.830. The van der Waals surface area contributed by atoms with Gasteiger partial charge in [0, 0.05) is 17.0 Å². The van der Waals surface area contributed by atoms with Crippen LogP contribution in [0.3, 0.4) is 0 Å². The first-order chi connectivity index (χ1) is 9.69. The third-order valence-corrected chi connectivity index (χ3v) is 3.15. The van der Waals surface area contributed by atoms with Gasteiger partial charge in [0.05, 0.1) is 7.11 Å². The number of benzene rings is 2. The zero-order valence-electron chi connectivity index (χ0n) is 11.2. The Morgan fingerprint density at radius 1 is 1.10 bits per heavy atom. The van der Waals surface area contributed by atoms with Gasteiger partial charge in [0.25, 0.3) is 0 Å². The van der Waals surface area contributed by atoms with Crippen molar-refractivity contribution in [2.24, 2.45) is 0 Å². The lowest BCUT2D eigenvalue weighted by molar-refractivity contribution is 0.0996. The molecule has 0 bridgehead atoms. The molecule has 0 spiro atoms. The van der Waals surface area contributed by atoms with Crippen molar-refractivity contribution < 1.29 is 9.53 Å². The second kappa shape index (κ2) is 6.92. The highest BCUT2D eigenvalue weighted by molar-refractivity contribution is 6.30. The number of rotatable bonds is 5. The zero-order valence-corrected chi connectivity index (χ0v) is 11.9. The molecule has 20 heavy (non-hydrogen) atoms. The number of methoxy groups -OCH3 is 1. The topological polar surface area (TPSA) is 26.3 Å². The van der Waals surface area contributed by atoms with E-state index in [0.717, 1.165) is 11.3 Å². The minimum Gasteiger partial charge on any atom is -0.497 e. The number of carbonyl (C=O) groups excluding carboxylic acids is 1. The van der Waals surface area contributed by atoms with Crippen LogP contribution in [0.4, 0.5) is 0 Å². The summed E-state index contributed by atoms with van der Waals surface area (Å²) in [4.78, 5) is 12.0. The molecule has 2 aromatic carbocycles. The van der Waals surface area contributed by atoms with Gasteiger partial charge in [0.2, 0.25) is 0 Å². The van der Waals surface area contributed by atoms with Crippen molar-refractivity contribution in [1.82, 2.24) is 0 Å². The molecule has 0 N–H and O–H groups in total. The largest absolute Gasteiger partial charge is 0.497 e. The number of ether oxygens (including phenoxy) is 1. The fourth-order valence-corrected chi connectivity index (χ4v) is 1.90. The molecular formula is C17H15ClO2. The Labute approximate surface area is 123 Å². The van der Waals surface area contributed by atoms with Gasteiger partial charge in [-0.15, -0.1) is 0 Å². The SMILES string of the molecule is COc1ccc(C(=O)C/C=C/c2ccc(Cl)cc2)cc1. The third-order valence-electron chi connectivity index (χ3n) is 2.90. The lowest BCUT2D eigenvalue weighted by atomic mass is 10.1. The molecule has 0 aliphatic carbocycles. The van der Waals surface area contributed by atoms with Crippen LogP contribution in [0, 0.1) is 0 Å². The molecule has 0 heterocycles. The quantitative estimate of drug-likeness (QED) is 0.749. The molecular weight excluding hydrogens is 272 g/mol. The number of carbonyl (C=O) groups is 1. The van der Waals surface area contributed by atoms with Crippen molar-refractivity contribution >= 4 is 23.5 Å².